The van der Waals surface area contributed by atoms with Gasteiger partial charge in [-0.3, -0.25) is 9.48 Å². The van der Waals surface area contributed by atoms with Crippen molar-refractivity contribution < 1.29 is 4.79 Å². The Morgan fingerprint density at radius 3 is 2.71 bits per heavy atom. The maximum atomic E-state index is 11.4. The summed E-state index contributed by atoms with van der Waals surface area (Å²) in [6.45, 7) is 4.37. The molecule has 96 valence electrons. The lowest BCUT2D eigenvalue weighted by Crippen LogP contribution is -2.30. The summed E-state index contributed by atoms with van der Waals surface area (Å²) in [4.78, 5) is 11.4. The van der Waals surface area contributed by atoms with E-state index in [0.29, 0.717) is 23.6 Å². The first kappa shape index (κ1) is 13.5. The number of aromatic nitrogens is 2. The predicted molar refractivity (Wildman–Crippen MR) is 67.8 cm³/mol. The van der Waals surface area contributed by atoms with E-state index in [2.05, 4.69) is 17.3 Å². The summed E-state index contributed by atoms with van der Waals surface area (Å²) in [6, 6.07) is 0.132. The van der Waals surface area contributed by atoms with Crippen LogP contribution in [0.25, 0.3) is 0 Å². The van der Waals surface area contributed by atoms with Gasteiger partial charge in [0, 0.05) is 19.6 Å². The monoisotopic (exact) mass is 239 g/mol. The van der Waals surface area contributed by atoms with Crippen molar-refractivity contribution in [1.29, 1.82) is 0 Å². The van der Waals surface area contributed by atoms with Crippen LogP contribution in [-0.4, -0.2) is 28.3 Å². The van der Waals surface area contributed by atoms with Crippen LogP contribution in [0.5, 0.6) is 0 Å². The second-order valence-corrected chi connectivity index (χ2v) is 4.16. The number of nitrogens with two attached hydrogens (primary N) is 2. The smallest absolute Gasteiger partial charge is 0.254 e. The number of nitrogens with one attached hydrogen (secondary N) is 1. The third kappa shape index (κ3) is 2.97. The molecule has 1 rings (SSSR count). The van der Waals surface area contributed by atoms with Crippen molar-refractivity contribution in [2.45, 2.75) is 32.7 Å². The summed E-state index contributed by atoms with van der Waals surface area (Å²) >= 11 is 0. The van der Waals surface area contributed by atoms with Crippen LogP contribution in [0.1, 0.15) is 35.8 Å². The summed E-state index contributed by atoms with van der Waals surface area (Å²) in [5.74, 6) is 0.185. The molecule has 0 aromatic carbocycles. The molecule has 5 N–H and O–H groups in total. The van der Waals surface area contributed by atoms with E-state index >= 15 is 0 Å². The first-order chi connectivity index (χ1) is 8.01. The second kappa shape index (κ2) is 5.67. The molecule has 0 bridgehead atoms. The van der Waals surface area contributed by atoms with E-state index in [4.69, 9.17) is 11.5 Å². The van der Waals surface area contributed by atoms with Crippen LogP contribution < -0.4 is 16.8 Å². The van der Waals surface area contributed by atoms with Crippen LogP contribution in [-0.2, 0) is 7.05 Å². The summed E-state index contributed by atoms with van der Waals surface area (Å²) in [5, 5.41) is 7.44. The quantitative estimate of drug-likeness (QED) is 0.667. The number of amides is 1. The van der Waals surface area contributed by atoms with Gasteiger partial charge in [-0.25, -0.2) is 0 Å². The molecule has 1 aromatic rings. The third-order valence-electron chi connectivity index (χ3n) is 2.73. The third-order valence-corrected chi connectivity index (χ3v) is 2.73. The molecular formula is C11H21N5O. The number of carbonyl (C=O) groups excluding carboxylic acids is 1. The molecule has 1 aromatic heterocycles. The van der Waals surface area contributed by atoms with Crippen LogP contribution in [0, 0.1) is 6.92 Å². The Balaban J connectivity index is 3.00. The van der Waals surface area contributed by atoms with E-state index in [0.717, 1.165) is 12.8 Å². The molecule has 1 unspecified atom stereocenters. The Hall–Kier alpha value is -1.56. The van der Waals surface area contributed by atoms with Crippen molar-refractivity contribution >= 4 is 11.7 Å². The lowest BCUT2D eigenvalue weighted by molar-refractivity contribution is 0.100. The molecule has 17 heavy (non-hydrogen) atoms. The first-order valence-corrected chi connectivity index (χ1v) is 5.81. The first-order valence-electron chi connectivity index (χ1n) is 5.81. The minimum atomic E-state index is -0.467. The highest BCUT2D eigenvalue weighted by atomic mass is 16.1. The molecule has 1 amide bonds. The van der Waals surface area contributed by atoms with Gasteiger partial charge in [0.05, 0.1) is 5.69 Å². The van der Waals surface area contributed by atoms with Gasteiger partial charge >= 0.3 is 0 Å². The van der Waals surface area contributed by atoms with Crippen molar-refractivity contribution in [2.75, 3.05) is 11.9 Å². The highest BCUT2D eigenvalue weighted by Gasteiger charge is 2.19. The van der Waals surface area contributed by atoms with Gasteiger partial charge in [0.1, 0.15) is 11.4 Å². The normalized spacial score (nSPS) is 12.5. The van der Waals surface area contributed by atoms with Gasteiger partial charge < -0.3 is 16.8 Å². The Bertz CT molecular complexity index is 399. The summed E-state index contributed by atoms with van der Waals surface area (Å²) in [6.07, 6.45) is 1.97. The van der Waals surface area contributed by atoms with Crippen molar-refractivity contribution in [2.24, 2.45) is 18.5 Å². The number of anilines is 1. The van der Waals surface area contributed by atoms with Gasteiger partial charge in [0.15, 0.2) is 0 Å². The molecule has 1 heterocycles. The van der Waals surface area contributed by atoms with Crippen LogP contribution in [0.2, 0.25) is 0 Å². The highest BCUT2D eigenvalue weighted by Crippen LogP contribution is 2.19. The number of rotatable bonds is 6. The van der Waals surface area contributed by atoms with Gasteiger partial charge in [0.2, 0.25) is 0 Å². The van der Waals surface area contributed by atoms with Crippen molar-refractivity contribution in [3.05, 3.63) is 11.3 Å². The minimum Gasteiger partial charge on any atom is -0.366 e. The molecule has 0 aliphatic rings. The van der Waals surface area contributed by atoms with Crippen molar-refractivity contribution in [1.82, 2.24) is 9.78 Å². The molecule has 0 saturated heterocycles. The molecule has 0 aliphatic heterocycles. The molecule has 1 atom stereocenters. The number of hydrogen-bond acceptors (Lipinski definition) is 4. The lowest BCUT2D eigenvalue weighted by atomic mass is 10.1. The molecule has 6 nitrogen and oxygen atoms in total. The fourth-order valence-electron chi connectivity index (χ4n) is 1.91. The average Bonchev–Trinajstić information content (AvgIpc) is 2.53. The molecule has 0 aliphatic carbocycles. The minimum absolute atomic E-state index is 0.132. The zero-order valence-electron chi connectivity index (χ0n) is 10.7. The van der Waals surface area contributed by atoms with E-state index in [-0.39, 0.29) is 6.04 Å². The van der Waals surface area contributed by atoms with E-state index in [1.807, 2.05) is 0 Å². The van der Waals surface area contributed by atoms with Crippen LogP contribution in [0.4, 0.5) is 5.82 Å². The molecule has 0 fully saturated rings. The van der Waals surface area contributed by atoms with Gasteiger partial charge in [-0.05, 0) is 13.3 Å². The van der Waals surface area contributed by atoms with Crippen LogP contribution in [0.15, 0.2) is 0 Å². The Labute approximate surface area is 101 Å². The van der Waals surface area contributed by atoms with Crippen LogP contribution >= 0.6 is 0 Å². The van der Waals surface area contributed by atoms with Crippen molar-refractivity contribution in [3.63, 3.8) is 0 Å². The highest BCUT2D eigenvalue weighted by molar-refractivity contribution is 5.98. The number of carbonyl (C=O) groups is 1. The Morgan fingerprint density at radius 1 is 1.59 bits per heavy atom. The second-order valence-electron chi connectivity index (χ2n) is 4.16. The lowest BCUT2D eigenvalue weighted by Gasteiger charge is -2.18. The summed E-state index contributed by atoms with van der Waals surface area (Å²) in [7, 11) is 1.78. The van der Waals surface area contributed by atoms with Gasteiger partial charge in [-0.1, -0.05) is 13.3 Å². The fraction of sp³-hybridized carbons (Fsp3) is 0.636. The number of aryl methyl sites for hydroxylation is 2. The predicted octanol–water partition coefficient (Wildman–Crippen LogP) is 0.367. The van der Waals surface area contributed by atoms with Gasteiger partial charge in [0.25, 0.3) is 5.91 Å². The van der Waals surface area contributed by atoms with Crippen molar-refractivity contribution in [3.8, 4) is 0 Å². The Morgan fingerprint density at radius 2 is 2.24 bits per heavy atom. The van der Waals surface area contributed by atoms with Gasteiger partial charge in [-0.2, -0.15) is 5.10 Å². The molecule has 0 saturated carbocycles. The van der Waals surface area contributed by atoms with Crippen LogP contribution in [0.3, 0.4) is 0 Å². The Kier molecular flexibility index (Phi) is 4.51. The van der Waals surface area contributed by atoms with E-state index in [1.54, 1.807) is 18.7 Å². The van der Waals surface area contributed by atoms with E-state index in [9.17, 15) is 4.79 Å². The SMILES string of the molecule is CCCC(CN)Nc1c(C(N)=O)c(C)nn1C. The number of hydrogen-bond donors (Lipinski definition) is 3. The fourth-order valence-corrected chi connectivity index (χ4v) is 1.91. The molecule has 0 spiro atoms. The van der Waals surface area contributed by atoms with E-state index in [1.165, 1.54) is 0 Å². The maximum Gasteiger partial charge on any atom is 0.254 e. The summed E-state index contributed by atoms with van der Waals surface area (Å²) in [5.41, 5.74) is 12.1. The van der Waals surface area contributed by atoms with Gasteiger partial charge in [-0.15, -0.1) is 0 Å². The maximum absolute atomic E-state index is 11.4. The number of primary amides is 1. The largest absolute Gasteiger partial charge is 0.366 e. The molecular weight excluding hydrogens is 218 g/mol. The zero-order valence-corrected chi connectivity index (χ0v) is 10.7. The van der Waals surface area contributed by atoms with E-state index < -0.39 is 5.91 Å². The summed E-state index contributed by atoms with van der Waals surface area (Å²) < 4.78 is 1.63. The molecule has 0 radical (unpaired) electrons. The number of nitrogens with zero attached hydrogens (tertiary/aromatic N) is 2. The average molecular weight is 239 g/mol. The molecule has 6 heteroatoms. The standard InChI is InChI=1S/C11H21N5O/c1-4-5-8(6-12)14-11-9(10(13)17)7(2)15-16(11)3/h8,14H,4-6,12H2,1-3H3,(H2,13,17). The topological polar surface area (TPSA) is 99.0 Å². The zero-order chi connectivity index (χ0) is 13.0.